The first-order chi connectivity index (χ1) is 10.2. The third-order valence-electron chi connectivity index (χ3n) is 2.96. The number of benzene rings is 1. The molecule has 0 fully saturated rings. The predicted molar refractivity (Wildman–Crippen MR) is 76.0 cm³/mol. The van der Waals surface area contributed by atoms with Gasteiger partial charge in [0.1, 0.15) is 12.1 Å². The normalized spacial score (nSPS) is 10.0. The fourth-order valence-electron chi connectivity index (χ4n) is 1.87. The van der Waals surface area contributed by atoms with Gasteiger partial charge >= 0.3 is 6.03 Å². The van der Waals surface area contributed by atoms with E-state index in [2.05, 4.69) is 10.3 Å². The lowest BCUT2D eigenvalue weighted by Crippen LogP contribution is -2.27. The zero-order chi connectivity index (χ0) is 15.2. The van der Waals surface area contributed by atoms with Crippen molar-refractivity contribution in [3.8, 4) is 17.2 Å². The van der Waals surface area contributed by atoms with Gasteiger partial charge in [0.2, 0.25) is 0 Å². The van der Waals surface area contributed by atoms with E-state index in [4.69, 9.17) is 14.2 Å². The fraction of sp³-hybridized carbons (Fsp3) is 0.286. The molecule has 21 heavy (non-hydrogen) atoms. The minimum atomic E-state index is -0.274. The molecular weight excluding hydrogens is 274 g/mol. The molecule has 1 N–H and O–H groups in total. The molecule has 1 amide bonds. The molecule has 0 saturated carbocycles. The number of carbonyl (C=O) groups is 1. The molecule has 0 atom stereocenters. The van der Waals surface area contributed by atoms with Crippen LogP contribution in [0.5, 0.6) is 17.2 Å². The number of hydrogen-bond donors (Lipinski definition) is 1. The van der Waals surface area contributed by atoms with Gasteiger partial charge in [0.15, 0.2) is 11.5 Å². The molecule has 7 heteroatoms. The Balaban J connectivity index is 2.17. The highest BCUT2D eigenvalue weighted by molar-refractivity contribution is 5.76. The Kier molecular flexibility index (Phi) is 4.65. The molecule has 112 valence electrons. The number of ether oxygens (including phenoxy) is 3. The number of rotatable bonds is 5. The summed E-state index contributed by atoms with van der Waals surface area (Å²) in [6.45, 7) is 0.292. The van der Waals surface area contributed by atoms with Crippen LogP contribution in [0.3, 0.4) is 0 Å². The molecule has 1 aromatic heterocycles. The maximum atomic E-state index is 11.9. The highest BCUT2D eigenvalue weighted by Crippen LogP contribution is 2.34. The molecule has 7 nitrogen and oxygen atoms in total. The first-order valence-corrected chi connectivity index (χ1v) is 6.24. The van der Waals surface area contributed by atoms with Crippen molar-refractivity contribution in [2.45, 2.75) is 6.54 Å². The van der Waals surface area contributed by atoms with Gasteiger partial charge in [-0.3, -0.25) is 4.57 Å². The lowest BCUT2D eigenvalue weighted by molar-refractivity contribution is 0.242. The van der Waals surface area contributed by atoms with E-state index in [0.29, 0.717) is 23.8 Å². The Bertz CT molecular complexity index is 611. The van der Waals surface area contributed by atoms with Crippen molar-refractivity contribution in [1.82, 2.24) is 14.9 Å². The largest absolute Gasteiger partial charge is 0.496 e. The third-order valence-corrected chi connectivity index (χ3v) is 2.96. The van der Waals surface area contributed by atoms with E-state index < -0.39 is 0 Å². The van der Waals surface area contributed by atoms with Crippen molar-refractivity contribution in [3.63, 3.8) is 0 Å². The Morgan fingerprint density at radius 3 is 2.38 bits per heavy atom. The maximum absolute atomic E-state index is 11.9. The number of imidazole rings is 1. The number of methoxy groups -OCH3 is 3. The molecule has 0 saturated heterocycles. The average molecular weight is 291 g/mol. The van der Waals surface area contributed by atoms with E-state index in [1.165, 1.54) is 17.1 Å². The van der Waals surface area contributed by atoms with Gasteiger partial charge in [0, 0.05) is 30.6 Å². The average Bonchev–Trinajstić information content (AvgIpc) is 3.06. The number of aromatic nitrogens is 2. The maximum Gasteiger partial charge on any atom is 0.327 e. The summed E-state index contributed by atoms with van der Waals surface area (Å²) >= 11 is 0. The smallest absolute Gasteiger partial charge is 0.327 e. The van der Waals surface area contributed by atoms with Gasteiger partial charge < -0.3 is 19.5 Å². The van der Waals surface area contributed by atoms with Gasteiger partial charge in [-0.15, -0.1) is 0 Å². The summed E-state index contributed by atoms with van der Waals surface area (Å²) in [7, 11) is 4.67. The van der Waals surface area contributed by atoms with E-state index in [0.717, 1.165) is 5.56 Å². The lowest BCUT2D eigenvalue weighted by atomic mass is 10.1. The van der Waals surface area contributed by atoms with Crippen molar-refractivity contribution in [1.29, 1.82) is 0 Å². The molecule has 0 aliphatic carbocycles. The summed E-state index contributed by atoms with van der Waals surface area (Å²) in [5, 5.41) is 2.77. The Labute approximate surface area is 122 Å². The number of amides is 1. The van der Waals surface area contributed by atoms with Gasteiger partial charge in [-0.25, -0.2) is 9.78 Å². The van der Waals surface area contributed by atoms with Crippen LogP contribution in [-0.4, -0.2) is 36.9 Å². The van der Waals surface area contributed by atoms with E-state index in [1.54, 1.807) is 39.7 Å². The molecule has 0 unspecified atom stereocenters. The number of carbonyl (C=O) groups excluding carboxylic acids is 1. The van der Waals surface area contributed by atoms with Crippen LogP contribution in [0.1, 0.15) is 5.56 Å². The lowest BCUT2D eigenvalue weighted by Gasteiger charge is -2.14. The van der Waals surface area contributed by atoms with Crippen molar-refractivity contribution in [2.24, 2.45) is 0 Å². The molecule has 0 aliphatic heterocycles. The standard InChI is InChI=1S/C14H17N3O4/c1-19-11-7-13(21-3)12(20-2)6-10(11)8-16-14(18)17-5-4-15-9-17/h4-7,9H,8H2,1-3H3,(H,16,18). The zero-order valence-corrected chi connectivity index (χ0v) is 12.1. The monoisotopic (exact) mass is 291 g/mol. The van der Waals surface area contributed by atoms with Crippen molar-refractivity contribution in [3.05, 3.63) is 36.4 Å². The Morgan fingerprint density at radius 2 is 1.81 bits per heavy atom. The number of nitrogens with one attached hydrogen (secondary N) is 1. The molecule has 1 heterocycles. The second kappa shape index (κ2) is 6.65. The second-order valence-electron chi connectivity index (χ2n) is 4.15. The van der Waals surface area contributed by atoms with E-state index in [1.807, 2.05) is 0 Å². The topological polar surface area (TPSA) is 74.6 Å². The quantitative estimate of drug-likeness (QED) is 0.907. The summed E-state index contributed by atoms with van der Waals surface area (Å²) in [4.78, 5) is 15.7. The summed E-state index contributed by atoms with van der Waals surface area (Å²) in [5.41, 5.74) is 0.781. The van der Waals surface area contributed by atoms with Crippen molar-refractivity contribution >= 4 is 6.03 Å². The molecule has 0 bridgehead atoms. The van der Waals surface area contributed by atoms with E-state index in [9.17, 15) is 4.79 Å². The van der Waals surface area contributed by atoms with Crippen LogP contribution in [-0.2, 0) is 6.54 Å². The van der Waals surface area contributed by atoms with Gasteiger partial charge in [-0.2, -0.15) is 0 Å². The minimum Gasteiger partial charge on any atom is -0.496 e. The minimum absolute atomic E-state index is 0.274. The zero-order valence-electron chi connectivity index (χ0n) is 12.1. The first-order valence-electron chi connectivity index (χ1n) is 6.24. The van der Waals surface area contributed by atoms with Gasteiger partial charge in [-0.05, 0) is 6.07 Å². The van der Waals surface area contributed by atoms with Gasteiger partial charge in [0.25, 0.3) is 0 Å². The first kappa shape index (κ1) is 14.7. The summed E-state index contributed by atoms with van der Waals surface area (Å²) in [6.07, 6.45) is 4.54. The number of hydrogen-bond acceptors (Lipinski definition) is 5. The summed E-state index contributed by atoms with van der Waals surface area (Å²) in [5.74, 6) is 1.75. The SMILES string of the molecule is COc1cc(OC)c(OC)cc1CNC(=O)n1ccnc1. The van der Waals surface area contributed by atoms with Crippen LogP contribution >= 0.6 is 0 Å². The third kappa shape index (κ3) is 3.25. The molecule has 0 radical (unpaired) electrons. The highest BCUT2D eigenvalue weighted by atomic mass is 16.5. The van der Waals surface area contributed by atoms with Crippen LogP contribution in [0.2, 0.25) is 0 Å². The highest BCUT2D eigenvalue weighted by Gasteiger charge is 2.13. The molecule has 2 aromatic rings. The second-order valence-corrected chi connectivity index (χ2v) is 4.15. The van der Waals surface area contributed by atoms with Crippen LogP contribution in [0.15, 0.2) is 30.9 Å². The van der Waals surface area contributed by atoms with Crippen molar-refractivity contribution in [2.75, 3.05) is 21.3 Å². The van der Waals surface area contributed by atoms with Crippen LogP contribution < -0.4 is 19.5 Å². The van der Waals surface area contributed by atoms with E-state index in [-0.39, 0.29) is 6.03 Å². The summed E-state index contributed by atoms with van der Waals surface area (Å²) in [6, 6.07) is 3.22. The Hall–Kier alpha value is -2.70. The Morgan fingerprint density at radius 1 is 1.14 bits per heavy atom. The molecule has 0 aliphatic rings. The fourth-order valence-corrected chi connectivity index (χ4v) is 1.87. The number of nitrogens with zero attached hydrogens (tertiary/aromatic N) is 2. The predicted octanol–water partition coefficient (Wildman–Crippen LogP) is 1.67. The molecule has 1 aromatic carbocycles. The molecule has 2 rings (SSSR count). The summed E-state index contributed by atoms with van der Waals surface area (Å²) < 4.78 is 17.1. The van der Waals surface area contributed by atoms with Crippen molar-refractivity contribution < 1.29 is 19.0 Å². The van der Waals surface area contributed by atoms with Gasteiger partial charge in [-0.1, -0.05) is 0 Å². The van der Waals surface area contributed by atoms with Crippen LogP contribution in [0.4, 0.5) is 4.79 Å². The van der Waals surface area contributed by atoms with Crippen LogP contribution in [0.25, 0.3) is 0 Å². The molecular formula is C14H17N3O4. The van der Waals surface area contributed by atoms with Gasteiger partial charge in [0.05, 0.1) is 21.3 Å². The molecule has 0 spiro atoms. The van der Waals surface area contributed by atoms with Crippen LogP contribution in [0, 0.1) is 0 Å². The van der Waals surface area contributed by atoms with E-state index >= 15 is 0 Å².